The average molecular weight is 1110 g/mol. The number of hydrogen-bond acceptors (Lipinski definition) is 10. The van der Waals surface area contributed by atoms with Crippen LogP contribution in [0.4, 0.5) is 13.2 Å². The monoisotopic (exact) mass is 1110 g/mol. The molecule has 12 aromatic rings. The maximum atomic E-state index is 16.3. The number of benzene rings is 10. The molecule has 394 valence electrons. The second-order valence-electron chi connectivity index (χ2n) is 19.9. The smallest absolute Gasteiger partial charge is 0.308 e. The summed E-state index contributed by atoms with van der Waals surface area (Å²) in [6.07, 6.45) is -5.12. The largest absolute Gasteiger partial charge is 0.417 e. The molecule has 12 rings (SSSR count). The van der Waals surface area contributed by atoms with E-state index < -0.39 is 22.9 Å². The van der Waals surface area contributed by atoms with E-state index in [4.69, 9.17) is 0 Å². The van der Waals surface area contributed by atoms with Crippen molar-refractivity contribution in [2.75, 3.05) is 0 Å². The average Bonchev–Trinajstić information content (AvgIpc) is 1.66. The summed E-state index contributed by atoms with van der Waals surface area (Å²) in [6, 6.07) is 67.1. The third-order valence-corrected chi connectivity index (χ3v) is 15.3. The second kappa shape index (κ2) is 20.9. The Hall–Kier alpha value is -13.5. The number of rotatable bonds is 7. The first kappa shape index (κ1) is 53.1. The molecule has 12 nitrogen and oxygen atoms in total. The molecule has 0 aliphatic rings. The van der Waals surface area contributed by atoms with Crippen LogP contribution in [0, 0.1) is 113 Å². The molecular formula is C71H29F3N12. The highest BCUT2D eigenvalue weighted by atomic mass is 19.4. The van der Waals surface area contributed by atoms with Crippen molar-refractivity contribution in [1.82, 2.24) is 9.13 Å². The predicted octanol–water partition coefficient (Wildman–Crippen LogP) is 16.0. The van der Waals surface area contributed by atoms with Crippen LogP contribution < -0.4 is 0 Å². The quantitative estimate of drug-likeness (QED) is 0.146. The lowest BCUT2D eigenvalue weighted by molar-refractivity contribution is -0.137. The Bertz CT molecular complexity index is 4930. The van der Waals surface area contributed by atoms with Crippen LogP contribution in [0.1, 0.15) is 61.2 Å². The number of aromatic nitrogens is 2. The van der Waals surface area contributed by atoms with Crippen molar-refractivity contribution >= 4 is 43.6 Å². The molecule has 15 heteroatoms. The SMILES string of the molecule is N#Cc1ccc(-c2ccc3c4ccc(-c5ccc(C#N)cc5C#N)cc4n(-c4cc(C#N)cc(-n5c6cc(-c7ccc(C#N)cc7C#N)ccc6c6ccc(-c7ccc(C#N)cc7C#N)cc65)c4-c4c(C#N)cccc4C(F)(F)F)c3c2)c(C#N)c1. The van der Waals surface area contributed by atoms with Crippen LogP contribution in [0.5, 0.6) is 0 Å². The number of nitriles is 10. The second-order valence-corrected chi connectivity index (χ2v) is 19.9. The molecule has 0 fully saturated rings. The van der Waals surface area contributed by atoms with Gasteiger partial charge in [-0.3, -0.25) is 0 Å². The molecule has 2 heterocycles. The van der Waals surface area contributed by atoms with Gasteiger partial charge < -0.3 is 9.13 Å². The third kappa shape index (κ3) is 8.64. The van der Waals surface area contributed by atoms with Crippen LogP contribution in [0.15, 0.2) is 176 Å². The zero-order chi connectivity index (χ0) is 60.1. The van der Waals surface area contributed by atoms with Gasteiger partial charge in [-0.1, -0.05) is 78.9 Å². The fourth-order valence-electron chi connectivity index (χ4n) is 11.5. The molecule has 0 atom stereocenters. The minimum absolute atomic E-state index is 0.0257. The van der Waals surface area contributed by atoms with E-state index >= 15 is 13.2 Å². The molecule has 0 bridgehead atoms. The summed E-state index contributed by atoms with van der Waals surface area (Å²) in [4.78, 5) is 0. The fourth-order valence-corrected chi connectivity index (χ4v) is 11.5. The lowest BCUT2D eigenvalue weighted by atomic mass is 9.90. The van der Waals surface area contributed by atoms with Crippen LogP contribution in [-0.4, -0.2) is 9.13 Å². The molecule has 86 heavy (non-hydrogen) atoms. The van der Waals surface area contributed by atoms with E-state index in [0.29, 0.717) is 88.1 Å². The molecule has 0 unspecified atom stereocenters. The first-order chi connectivity index (χ1) is 41.8. The van der Waals surface area contributed by atoms with Gasteiger partial charge in [0.25, 0.3) is 0 Å². The van der Waals surface area contributed by atoms with Crippen molar-refractivity contribution in [1.29, 1.82) is 52.6 Å². The Kier molecular flexibility index (Phi) is 12.9. The Morgan fingerprint density at radius 1 is 0.279 bits per heavy atom. The molecule has 0 saturated carbocycles. The zero-order valence-electron chi connectivity index (χ0n) is 44.2. The van der Waals surface area contributed by atoms with Gasteiger partial charge in [-0.2, -0.15) is 65.8 Å². The van der Waals surface area contributed by atoms with Crippen LogP contribution >= 0.6 is 0 Å². The zero-order valence-corrected chi connectivity index (χ0v) is 44.2. The summed E-state index contributed by atoms with van der Waals surface area (Å²) in [7, 11) is 0. The summed E-state index contributed by atoms with van der Waals surface area (Å²) in [6.45, 7) is 0. The van der Waals surface area contributed by atoms with Crippen molar-refractivity contribution in [3.05, 3.63) is 237 Å². The number of fused-ring (bicyclic) bond motifs is 6. The minimum atomic E-state index is -5.12. The molecular weight excluding hydrogens is 1080 g/mol. The first-order valence-corrected chi connectivity index (χ1v) is 25.9. The van der Waals surface area contributed by atoms with Crippen LogP contribution in [0.2, 0.25) is 0 Å². The van der Waals surface area contributed by atoms with E-state index in [-0.39, 0.29) is 67.0 Å². The predicted molar refractivity (Wildman–Crippen MR) is 314 cm³/mol. The molecule has 0 radical (unpaired) electrons. The van der Waals surface area contributed by atoms with E-state index in [0.717, 1.165) is 12.1 Å². The van der Waals surface area contributed by atoms with E-state index in [1.165, 1.54) is 42.5 Å². The Balaban J connectivity index is 1.31. The van der Waals surface area contributed by atoms with Crippen LogP contribution in [0.25, 0.3) is 111 Å². The summed E-state index contributed by atoms with van der Waals surface area (Å²) >= 11 is 0. The van der Waals surface area contributed by atoms with Crippen molar-refractivity contribution in [3.8, 4) is 128 Å². The van der Waals surface area contributed by atoms with Crippen LogP contribution in [-0.2, 0) is 6.18 Å². The summed E-state index contributed by atoms with van der Waals surface area (Å²) in [5, 5.41) is 106. The van der Waals surface area contributed by atoms with Gasteiger partial charge in [0, 0.05) is 32.7 Å². The molecule has 0 amide bonds. The van der Waals surface area contributed by atoms with Gasteiger partial charge >= 0.3 is 6.18 Å². The third-order valence-electron chi connectivity index (χ3n) is 15.3. The van der Waals surface area contributed by atoms with E-state index in [2.05, 4.69) is 54.6 Å². The summed E-state index contributed by atoms with van der Waals surface area (Å²) < 4.78 is 52.2. The summed E-state index contributed by atoms with van der Waals surface area (Å²) in [5.41, 5.74) is 4.05. The maximum absolute atomic E-state index is 16.3. The van der Waals surface area contributed by atoms with Crippen molar-refractivity contribution in [2.45, 2.75) is 6.18 Å². The van der Waals surface area contributed by atoms with E-state index in [1.807, 2.05) is 6.07 Å². The normalized spacial score (nSPS) is 10.8. The van der Waals surface area contributed by atoms with Crippen molar-refractivity contribution < 1.29 is 13.2 Å². The first-order valence-electron chi connectivity index (χ1n) is 25.9. The Labute approximate surface area is 487 Å². The number of nitrogens with zero attached hydrogens (tertiary/aromatic N) is 12. The molecule has 0 aliphatic carbocycles. The van der Waals surface area contributed by atoms with Gasteiger partial charge in [-0.05, 0) is 142 Å². The van der Waals surface area contributed by atoms with Gasteiger partial charge in [0.1, 0.15) is 0 Å². The molecule has 10 aromatic carbocycles. The molecule has 2 aromatic heterocycles. The standard InChI is InChI=1S/C71H29F3N12/c72-71(73,74)62-3-1-2-49(35-80)69(62)70-67(85-63-26-45(54-12-4-40(30-75)20-50(54)36-81)8-16-58(63)59-17-9-46(27-64(59)85)55-13-5-41(31-76)21-51(55)37-82)24-44(34-79)25-68(70)86-65-28-47(56-14-6-42(32-77)22-52(56)38-83)10-18-60(65)61-19-11-48(29-66(61)86)57-15-7-43(33-78)23-53(57)39-84/h1-29H. The topological polar surface area (TPSA) is 248 Å². The number of alkyl halides is 3. The molecule has 0 spiro atoms. The Morgan fingerprint density at radius 2 is 0.581 bits per heavy atom. The summed E-state index contributed by atoms with van der Waals surface area (Å²) in [5.74, 6) is 0. The van der Waals surface area contributed by atoms with Gasteiger partial charge in [-0.15, -0.1) is 0 Å². The van der Waals surface area contributed by atoms with E-state index in [9.17, 15) is 52.6 Å². The minimum Gasteiger partial charge on any atom is -0.308 e. The highest BCUT2D eigenvalue weighted by Crippen LogP contribution is 2.49. The lowest BCUT2D eigenvalue weighted by Crippen LogP contribution is -2.12. The Morgan fingerprint density at radius 3 is 0.849 bits per heavy atom. The lowest BCUT2D eigenvalue weighted by Gasteiger charge is -2.24. The highest BCUT2D eigenvalue weighted by Gasteiger charge is 2.37. The van der Waals surface area contributed by atoms with Gasteiger partial charge in [0.05, 0.1) is 155 Å². The number of hydrogen-bond donors (Lipinski definition) is 0. The molecule has 0 saturated heterocycles. The van der Waals surface area contributed by atoms with Crippen molar-refractivity contribution in [2.24, 2.45) is 0 Å². The van der Waals surface area contributed by atoms with Crippen LogP contribution in [0.3, 0.4) is 0 Å². The molecule has 0 N–H and O–H groups in total. The van der Waals surface area contributed by atoms with Crippen molar-refractivity contribution in [3.63, 3.8) is 0 Å². The fraction of sp³-hybridized carbons (Fsp3) is 0.0141. The maximum Gasteiger partial charge on any atom is 0.417 e. The number of halogens is 3. The van der Waals surface area contributed by atoms with Gasteiger partial charge in [0.15, 0.2) is 0 Å². The van der Waals surface area contributed by atoms with E-state index in [1.54, 1.807) is 130 Å². The van der Waals surface area contributed by atoms with Gasteiger partial charge in [-0.25, -0.2) is 0 Å². The highest BCUT2D eigenvalue weighted by molar-refractivity contribution is 6.14. The van der Waals surface area contributed by atoms with Gasteiger partial charge in [0.2, 0.25) is 0 Å². The molecule has 0 aliphatic heterocycles.